The van der Waals surface area contributed by atoms with Gasteiger partial charge < -0.3 is 5.32 Å². The fourth-order valence-electron chi connectivity index (χ4n) is 4.15. The molecule has 34 heavy (non-hydrogen) atoms. The molecule has 1 N–H and O–H groups in total. The summed E-state index contributed by atoms with van der Waals surface area (Å²) in [5.41, 5.74) is 3.56. The minimum absolute atomic E-state index is 0.0831. The average molecular weight is 495 g/mol. The Balaban J connectivity index is 1.15. The molecule has 4 aromatic rings. The van der Waals surface area contributed by atoms with E-state index in [1.54, 1.807) is 39.9 Å². The van der Waals surface area contributed by atoms with Crippen molar-refractivity contribution in [2.24, 2.45) is 0 Å². The second-order valence-corrected chi connectivity index (χ2v) is 11.3. The van der Waals surface area contributed by atoms with Crippen LogP contribution in [0.2, 0.25) is 0 Å². The minimum Gasteiger partial charge on any atom is -0.326 e. The normalized spacial score (nSPS) is 14.9. The number of nitrogens with zero attached hydrogens (tertiary/aromatic N) is 3. The lowest BCUT2D eigenvalue weighted by Gasteiger charge is -2.25. The van der Waals surface area contributed by atoms with Gasteiger partial charge in [-0.05, 0) is 49.1 Å². The zero-order valence-corrected chi connectivity index (χ0v) is 20.3. The number of rotatable bonds is 7. The van der Waals surface area contributed by atoms with Crippen molar-refractivity contribution in [2.75, 3.05) is 18.4 Å². The number of carbonyl (C=O) groups excluding carboxylic acids is 1. The van der Waals surface area contributed by atoms with E-state index in [-0.39, 0.29) is 5.91 Å². The highest BCUT2D eigenvalue weighted by atomic mass is 32.2. The number of imidazole rings is 1. The third kappa shape index (κ3) is 4.91. The van der Waals surface area contributed by atoms with Gasteiger partial charge in [-0.2, -0.15) is 4.31 Å². The number of hydrogen-bond acceptors (Lipinski definition) is 5. The third-order valence-electron chi connectivity index (χ3n) is 6.07. The van der Waals surface area contributed by atoms with Gasteiger partial charge in [0.2, 0.25) is 15.9 Å². The van der Waals surface area contributed by atoms with E-state index in [4.69, 9.17) is 0 Å². The molecule has 1 saturated heterocycles. The molecule has 0 spiro atoms. The van der Waals surface area contributed by atoms with Gasteiger partial charge in [-0.3, -0.25) is 9.20 Å². The van der Waals surface area contributed by atoms with Crippen LogP contribution in [-0.4, -0.2) is 41.1 Å². The van der Waals surface area contributed by atoms with Crippen LogP contribution in [0.5, 0.6) is 0 Å². The number of hydrogen-bond donors (Lipinski definition) is 1. The highest BCUT2D eigenvalue weighted by Crippen LogP contribution is 2.24. The molecule has 0 aliphatic carbocycles. The van der Waals surface area contributed by atoms with Crippen LogP contribution in [0.3, 0.4) is 0 Å². The van der Waals surface area contributed by atoms with E-state index in [0.717, 1.165) is 46.7 Å². The number of piperidine rings is 1. The summed E-state index contributed by atoms with van der Waals surface area (Å²) in [7, 11) is -3.43. The summed E-state index contributed by atoms with van der Waals surface area (Å²) < 4.78 is 29.1. The van der Waals surface area contributed by atoms with Crippen molar-refractivity contribution in [3.05, 3.63) is 71.9 Å². The van der Waals surface area contributed by atoms with E-state index in [1.807, 2.05) is 46.4 Å². The molecule has 1 aliphatic rings. The van der Waals surface area contributed by atoms with Gasteiger partial charge in [0.15, 0.2) is 4.96 Å². The van der Waals surface area contributed by atoms with Gasteiger partial charge in [0.25, 0.3) is 0 Å². The average Bonchev–Trinajstić information content (AvgIpc) is 3.47. The van der Waals surface area contributed by atoms with Crippen LogP contribution in [0, 0.1) is 0 Å². The quantitative estimate of drug-likeness (QED) is 0.400. The van der Waals surface area contributed by atoms with Gasteiger partial charge in [0.05, 0.1) is 10.6 Å². The Morgan fingerprint density at radius 2 is 1.74 bits per heavy atom. The maximum absolute atomic E-state index is 12.8. The first-order chi connectivity index (χ1) is 16.5. The highest BCUT2D eigenvalue weighted by molar-refractivity contribution is 7.89. The Labute approximate surface area is 203 Å². The molecule has 0 saturated carbocycles. The number of anilines is 1. The van der Waals surface area contributed by atoms with Crippen LogP contribution in [-0.2, 0) is 21.2 Å². The Morgan fingerprint density at radius 3 is 2.44 bits per heavy atom. The first-order valence-electron chi connectivity index (χ1n) is 11.4. The van der Waals surface area contributed by atoms with E-state index in [9.17, 15) is 13.2 Å². The summed E-state index contributed by atoms with van der Waals surface area (Å²) in [6, 6.07) is 14.5. The van der Waals surface area contributed by atoms with Crippen LogP contribution >= 0.6 is 11.3 Å². The lowest BCUT2D eigenvalue weighted by atomic mass is 10.1. The number of nitrogens with one attached hydrogen (secondary N) is 1. The maximum atomic E-state index is 12.8. The highest BCUT2D eigenvalue weighted by Gasteiger charge is 2.25. The van der Waals surface area contributed by atoms with E-state index in [1.165, 1.54) is 0 Å². The van der Waals surface area contributed by atoms with Crippen LogP contribution in [0.4, 0.5) is 5.69 Å². The molecular weight excluding hydrogens is 468 g/mol. The molecular formula is C25H26N4O3S2. The summed E-state index contributed by atoms with van der Waals surface area (Å²) in [4.78, 5) is 18.3. The summed E-state index contributed by atoms with van der Waals surface area (Å²) in [5, 5.41) is 4.92. The van der Waals surface area contributed by atoms with Crippen molar-refractivity contribution in [3.63, 3.8) is 0 Å². The number of fused-ring (bicyclic) bond motifs is 1. The van der Waals surface area contributed by atoms with Crippen molar-refractivity contribution in [1.29, 1.82) is 0 Å². The Morgan fingerprint density at radius 1 is 1.00 bits per heavy atom. The van der Waals surface area contributed by atoms with Gasteiger partial charge in [-0.25, -0.2) is 13.4 Å². The van der Waals surface area contributed by atoms with Gasteiger partial charge in [0, 0.05) is 48.5 Å². The molecule has 1 fully saturated rings. The number of sulfonamides is 1. The van der Waals surface area contributed by atoms with Crippen LogP contribution in [0.15, 0.2) is 71.2 Å². The van der Waals surface area contributed by atoms with Crippen LogP contribution in [0.1, 0.15) is 31.2 Å². The molecule has 7 nitrogen and oxygen atoms in total. The first kappa shape index (κ1) is 22.8. The predicted octanol–water partition coefficient (Wildman–Crippen LogP) is 4.81. The zero-order valence-electron chi connectivity index (χ0n) is 18.7. The molecule has 3 heterocycles. The number of thiazole rings is 1. The summed E-state index contributed by atoms with van der Waals surface area (Å²) in [6.07, 6.45) is 7.74. The topological polar surface area (TPSA) is 83.8 Å². The predicted molar refractivity (Wildman–Crippen MR) is 135 cm³/mol. The Kier molecular flexibility index (Phi) is 6.49. The molecule has 1 aliphatic heterocycles. The number of benzene rings is 2. The van der Waals surface area contributed by atoms with Crippen molar-refractivity contribution in [3.8, 4) is 11.3 Å². The fourth-order valence-corrected chi connectivity index (χ4v) is 6.37. The lowest BCUT2D eigenvalue weighted by molar-refractivity contribution is -0.116. The number of aromatic nitrogens is 2. The Bertz CT molecular complexity index is 1360. The molecule has 0 unspecified atom stereocenters. The minimum atomic E-state index is -3.43. The molecule has 1 amide bonds. The van der Waals surface area contributed by atoms with E-state index < -0.39 is 10.0 Å². The lowest BCUT2D eigenvalue weighted by Crippen LogP contribution is -2.35. The van der Waals surface area contributed by atoms with Crippen molar-refractivity contribution < 1.29 is 13.2 Å². The maximum Gasteiger partial charge on any atom is 0.243 e. The van der Waals surface area contributed by atoms with Crippen molar-refractivity contribution in [2.45, 2.75) is 37.0 Å². The summed E-state index contributed by atoms with van der Waals surface area (Å²) in [6.45, 7) is 1.18. The molecule has 0 radical (unpaired) electrons. The summed E-state index contributed by atoms with van der Waals surface area (Å²) >= 11 is 1.59. The number of carbonyl (C=O) groups is 1. The second-order valence-electron chi connectivity index (χ2n) is 8.45. The molecule has 0 atom stereocenters. The van der Waals surface area contributed by atoms with Gasteiger partial charge in [-0.1, -0.05) is 30.7 Å². The van der Waals surface area contributed by atoms with Gasteiger partial charge >= 0.3 is 0 Å². The molecule has 0 bridgehead atoms. The van der Waals surface area contributed by atoms with E-state index in [2.05, 4.69) is 10.3 Å². The van der Waals surface area contributed by atoms with E-state index in [0.29, 0.717) is 30.8 Å². The molecule has 2 aromatic carbocycles. The van der Waals surface area contributed by atoms with Gasteiger partial charge in [-0.15, -0.1) is 11.3 Å². The first-order valence-corrected chi connectivity index (χ1v) is 13.7. The van der Waals surface area contributed by atoms with Crippen LogP contribution in [0.25, 0.3) is 16.2 Å². The standard InChI is InChI=1S/C25H26N4O3S2/c30-24(26-21-9-7-20(8-10-21)23-18-28-16-17-33-25(28)27-23)13-6-19-4-11-22(12-5-19)34(31,32)29-14-2-1-3-15-29/h4-5,7-12,16-18H,1-3,6,13-15H2,(H,26,30). The number of amides is 1. The van der Waals surface area contributed by atoms with Crippen molar-refractivity contribution in [1.82, 2.24) is 13.7 Å². The largest absolute Gasteiger partial charge is 0.326 e. The molecule has 176 valence electrons. The zero-order chi connectivity index (χ0) is 23.5. The fraction of sp³-hybridized carbons (Fsp3) is 0.280. The monoisotopic (exact) mass is 494 g/mol. The van der Waals surface area contributed by atoms with Crippen molar-refractivity contribution >= 4 is 37.9 Å². The summed E-state index contributed by atoms with van der Waals surface area (Å²) in [5.74, 6) is -0.0831. The van der Waals surface area contributed by atoms with Crippen LogP contribution < -0.4 is 5.32 Å². The smallest absolute Gasteiger partial charge is 0.243 e. The SMILES string of the molecule is O=C(CCc1ccc(S(=O)(=O)N2CCCCC2)cc1)Nc1ccc(-c2cn3ccsc3n2)cc1. The second kappa shape index (κ2) is 9.69. The third-order valence-corrected chi connectivity index (χ3v) is 8.76. The van der Waals surface area contributed by atoms with Gasteiger partial charge in [0.1, 0.15) is 0 Å². The van der Waals surface area contributed by atoms with E-state index >= 15 is 0 Å². The Hall–Kier alpha value is -3.01. The molecule has 2 aromatic heterocycles. The molecule has 9 heteroatoms. The number of aryl methyl sites for hydroxylation is 1. The molecule has 5 rings (SSSR count).